The second kappa shape index (κ2) is 13.5. The number of aromatic nitrogens is 3. The molecule has 9 N–H and O–H groups in total. The lowest BCUT2D eigenvalue weighted by atomic mass is 10.0. The van der Waals surface area contributed by atoms with Crippen LogP contribution in [-0.2, 0) is 38.4 Å². The van der Waals surface area contributed by atoms with Gasteiger partial charge in [0.25, 0.3) is 0 Å². The Kier molecular flexibility index (Phi) is 9.55. The molecule has 0 spiro atoms. The Morgan fingerprint density at radius 1 is 0.881 bits per heavy atom. The summed E-state index contributed by atoms with van der Waals surface area (Å²) in [5.74, 6) is -3.18. The van der Waals surface area contributed by atoms with Gasteiger partial charge in [-0.15, -0.1) is 0 Å². The third-order valence-corrected chi connectivity index (χ3v) is 6.80. The molecule has 42 heavy (non-hydrogen) atoms. The van der Waals surface area contributed by atoms with E-state index in [0.29, 0.717) is 11.3 Å². The highest BCUT2D eigenvalue weighted by molar-refractivity contribution is 5.94. The van der Waals surface area contributed by atoms with Crippen LogP contribution in [0.2, 0.25) is 0 Å². The minimum absolute atomic E-state index is 0.0101. The van der Waals surface area contributed by atoms with Crippen molar-refractivity contribution < 1.29 is 29.4 Å². The van der Waals surface area contributed by atoms with Gasteiger partial charge in [0.1, 0.15) is 23.9 Å². The van der Waals surface area contributed by atoms with Gasteiger partial charge in [-0.3, -0.25) is 19.2 Å². The highest BCUT2D eigenvalue weighted by atomic mass is 16.4. The van der Waals surface area contributed by atoms with Crippen molar-refractivity contribution in [1.29, 1.82) is 0 Å². The Morgan fingerprint density at radius 3 is 2.24 bits per heavy atom. The summed E-state index contributed by atoms with van der Waals surface area (Å²) in [6, 6.07) is 9.22. The number of carboxylic acids is 1. The van der Waals surface area contributed by atoms with Gasteiger partial charge in [-0.2, -0.15) is 0 Å². The van der Waals surface area contributed by atoms with E-state index in [1.165, 1.54) is 31.6 Å². The average molecular weight is 576 g/mol. The van der Waals surface area contributed by atoms with Gasteiger partial charge in [-0.05, 0) is 42.7 Å². The number of para-hydroxylation sites is 1. The van der Waals surface area contributed by atoms with Crippen molar-refractivity contribution in [2.75, 3.05) is 0 Å². The number of H-pyrrole nitrogens is 2. The number of aromatic hydroxyl groups is 1. The van der Waals surface area contributed by atoms with Crippen molar-refractivity contribution in [3.05, 3.63) is 84.1 Å². The molecule has 0 aliphatic carbocycles. The second-order valence-corrected chi connectivity index (χ2v) is 10.0. The maximum absolute atomic E-state index is 13.6. The lowest BCUT2D eigenvalue weighted by molar-refractivity contribution is -0.141. The third kappa shape index (κ3) is 7.73. The van der Waals surface area contributed by atoms with Crippen molar-refractivity contribution in [3.8, 4) is 5.75 Å². The van der Waals surface area contributed by atoms with Gasteiger partial charge in [-0.25, -0.2) is 4.98 Å². The van der Waals surface area contributed by atoms with Gasteiger partial charge in [0.05, 0.1) is 12.4 Å². The molecule has 0 bridgehead atoms. The summed E-state index contributed by atoms with van der Waals surface area (Å²) >= 11 is 0. The average Bonchev–Trinajstić information content (AvgIpc) is 3.63. The van der Waals surface area contributed by atoms with E-state index in [-0.39, 0.29) is 25.0 Å². The number of hydrogen-bond donors (Lipinski definition) is 8. The number of carbonyl (C=O) groups is 4. The number of amides is 3. The number of benzene rings is 2. The lowest BCUT2D eigenvalue weighted by Crippen LogP contribution is -2.58. The number of fused-ring (bicyclic) bond motifs is 1. The zero-order valence-corrected chi connectivity index (χ0v) is 22.8. The Labute approximate surface area is 240 Å². The molecule has 3 amide bonds. The normalized spacial score (nSPS) is 14.0. The number of phenolic OH excluding ortho intramolecular Hbond substituents is 1. The molecule has 13 heteroatoms. The van der Waals surface area contributed by atoms with Crippen LogP contribution in [0.15, 0.2) is 67.3 Å². The molecule has 0 aliphatic heterocycles. The first-order valence-corrected chi connectivity index (χ1v) is 13.3. The number of phenols is 1. The van der Waals surface area contributed by atoms with Crippen LogP contribution < -0.4 is 21.7 Å². The number of nitrogens with two attached hydrogens (primary N) is 1. The number of imidazole rings is 1. The molecule has 4 aromatic rings. The van der Waals surface area contributed by atoms with Crippen molar-refractivity contribution >= 4 is 34.6 Å². The second-order valence-electron chi connectivity index (χ2n) is 10.0. The molecule has 0 saturated heterocycles. The Bertz CT molecular complexity index is 1530. The largest absolute Gasteiger partial charge is 0.508 e. The van der Waals surface area contributed by atoms with Gasteiger partial charge in [-0.1, -0.05) is 30.3 Å². The predicted molar refractivity (Wildman–Crippen MR) is 153 cm³/mol. The van der Waals surface area contributed by atoms with Crippen LogP contribution in [-0.4, -0.2) is 73.0 Å². The number of carboxylic acid groups (broad SMARTS) is 1. The molecular weight excluding hydrogens is 542 g/mol. The van der Waals surface area contributed by atoms with Crippen LogP contribution in [0.5, 0.6) is 5.75 Å². The third-order valence-electron chi connectivity index (χ3n) is 6.80. The molecule has 13 nitrogen and oxygen atoms in total. The molecule has 0 radical (unpaired) electrons. The van der Waals surface area contributed by atoms with Crippen molar-refractivity contribution in [2.24, 2.45) is 5.73 Å². The number of aromatic amines is 2. The summed E-state index contributed by atoms with van der Waals surface area (Å²) in [6.07, 6.45) is 4.91. The smallest absolute Gasteiger partial charge is 0.325 e. The van der Waals surface area contributed by atoms with Gasteiger partial charge in [0, 0.05) is 41.8 Å². The fourth-order valence-corrected chi connectivity index (χ4v) is 4.46. The summed E-state index contributed by atoms with van der Waals surface area (Å²) in [6.45, 7) is 1.30. The van der Waals surface area contributed by atoms with E-state index in [2.05, 4.69) is 30.9 Å². The summed E-state index contributed by atoms with van der Waals surface area (Å²) in [7, 11) is 0. The van der Waals surface area contributed by atoms with Crippen LogP contribution in [0.25, 0.3) is 10.9 Å². The maximum Gasteiger partial charge on any atom is 0.325 e. The quantitative estimate of drug-likeness (QED) is 0.112. The zero-order chi connectivity index (χ0) is 30.2. The first-order valence-electron chi connectivity index (χ1n) is 13.3. The zero-order valence-electron chi connectivity index (χ0n) is 22.8. The van der Waals surface area contributed by atoms with E-state index in [1.54, 1.807) is 18.3 Å². The Balaban J connectivity index is 1.52. The van der Waals surface area contributed by atoms with E-state index in [9.17, 15) is 29.4 Å². The molecule has 2 heterocycles. The SMILES string of the molecule is CC(NC(=O)C(Cc1cnc[nH]1)NC(=O)C(Cc1ccc(O)cc1)NC(=O)C(N)Cc1c[nH]c2ccccc12)C(=O)O. The summed E-state index contributed by atoms with van der Waals surface area (Å²) in [5.41, 5.74) is 9.17. The minimum Gasteiger partial charge on any atom is -0.508 e. The first-order chi connectivity index (χ1) is 20.1. The molecule has 4 unspecified atom stereocenters. The molecule has 4 atom stereocenters. The molecular formula is C29H33N7O6. The van der Waals surface area contributed by atoms with Crippen molar-refractivity contribution in [2.45, 2.75) is 50.4 Å². The lowest BCUT2D eigenvalue weighted by Gasteiger charge is -2.25. The molecule has 220 valence electrons. The van der Waals surface area contributed by atoms with Gasteiger partial charge in [0.2, 0.25) is 17.7 Å². The van der Waals surface area contributed by atoms with Crippen LogP contribution in [0.3, 0.4) is 0 Å². The first kappa shape index (κ1) is 29.8. The van der Waals surface area contributed by atoms with Crippen LogP contribution in [0.1, 0.15) is 23.7 Å². The highest BCUT2D eigenvalue weighted by Crippen LogP contribution is 2.19. The fraction of sp³-hybridized carbons (Fsp3) is 0.276. The fourth-order valence-electron chi connectivity index (χ4n) is 4.46. The van der Waals surface area contributed by atoms with Crippen molar-refractivity contribution in [3.63, 3.8) is 0 Å². The van der Waals surface area contributed by atoms with Crippen LogP contribution in [0, 0.1) is 0 Å². The molecule has 4 rings (SSSR count). The standard InChI is InChI=1S/C29H33N7O6/c1-16(29(41)42)34-27(39)25(12-19-14-31-15-33-19)36-28(40)24(10-17-6-8-20(37)9-7-17)35-26(38)22(30)11-18-13-32-23-5-3-2-4-21(18)23/h2-9,13-16,22,24-25,32,37H,10-12,30H2,1H3,(H,31,33)(H,34,39)(H,35,38)(H,36,40)(H,41,42). The molecule has 0 saturated carbocycles. The summed E-state index contributed by atoms with van der Waals surface area (Å²) in [5, 5.41) is 27.5. The predicted octanol–water partition coefficient (Wildman–Crippen LogP) is 0.511. The molecule has 0 aliphatic rings. The van der Waals surface area contributed by atoms with E-state index in [0.717, 1.165) is 16.5 Å². The Hall–Kier alpha value is -5.17. The van der Waals surface area contributed by atoms with E-state index >= 15 is 0 Å². The number of hydrogen-bond acceptors (Lipinski definition) is 7. The number of nitrogens with one attached hydrogen (secondary N) is 5. The summed E-state index contributed by atoms with van der Waals surface area (Å²) in [4.78, 5) is 61.0. The van der Waals surface area contributed by atoms with Crippen LogP contribution in [0.4, 0.5) is 0 Å². The number of rotatable bonds is 13. The number of carbonyl (C=O) groups excluding carboxylic acids is 3. The maximum atomic E-state index is 13.6. The topological polar surface area (TPSA) is 215 Å². The van der Waals surface area contributed by atoms with Crippen LogP contribution >= 0.6 is 0 Å². The van der Waals surface area contributed by atoms with E-state index < -0.39 is 47.9 Å². The van der Waals surface area contributed by atoms with Crippen molar-refractivity contribution in [1.82, 2.24) is 30.9 Å². The minimum atomic E-state index is -1.24. The van der Waals surface area contributed by atoms with Gasteiger partial charge in [0.15, 0.2) is 0 Å². The molecule has 0 fully saturated rings. The molecule has 2 aromatic carbocycles. The van der Waals surface area contributed by atoms with Gasteiger partial charge < -0.3 is 41.9 Å². The van der Waals surface area contributed by atoms with E-state index in [4.69, 9.17) is 5.73 Å². The summed E-state index contributed by atoms with van der Waals surface area (Å²) < 4.78 is 0. The highest BCUT2D eigenvalue weighted by Gasteiger charge is 2.30. The van der Waals surface area contributed by atoms with Gasteiger partial charge >= 0.3 is 5.97 Å². The molecule has 2 aromatic heterocycles. The Morgan fingerprint density at radius 2 is 1.55 bits per heavy atom. The van der Waals surface area contributed by atoms with E-state index in [1.807, 2.05) is 24.3 Å². The number of nitrogens with zero attached hydrogens (tertiary/aromatic N) is 1. The number of aliphatic carboxylic acids is 1. The monoisotopic (exact) mass is 575 g/mol.